The highest BCUT2D eigenvalue weighted by atomic mass is 32.2. The Kier molecular flexibility index (Phi) is 4.37. The molecule has 1 saturated heterocycles. The summed E-state index contributed by atoms with van der Waals surface area (Å²) >= 11 is 1.51. The van der Waals surface area contributed by atoms with E-state index in [4.69, 9.17) is 5.11 Å². The molecule has 0 radical (unpaired) electrons. The van der Waals surface area contributed by atoms with Crippen molar-refractivity contribution < 1.29 is 14.7 Å². The summed E-state index contributed by atoms with van der Waals surface area (Å²) in [5, 5.41) is 9.10. The summed E-state index contributed by atoms with van der Waals surface area (Å²) in [7, 11) is 1.81. The maximum Gasteiger partial charge on any atom is 0.327 e. The van der Waals surface area contributed by atoms with Gasteiger partial charge in [0.1, 0.15) is 6.04 Å². The number of carbonyl (C=O) groups is 2. The van der Waals surface area contributed by atoms with Gasteiger partial charge in [-0.05, 0) is 12.8 Å². The number of thioether (sulfide) groups is 1. The van der Waals surface area contributed by atoms with Crippen LogP contribution in [0.3, 0.4) is 0 Å². The number of carboxylic acids is 1. The molecule has 0 aromatic heterocycles. The van der Waals surface area contributed by atoms with Gasteiger partial charge in [-0.2, -0.15) is 0 Å². The zero-order valence-electron chi connectivity index (χ0n) is 10.7. The van der Waals surface area contributed by atoms with E-state index in [-0.39, 0.29) is 12.1 Å². The summed E-state index contributed by atoms with van der Waals surface area (Å²) in [6.07, 6.45) is 5.66. The first-order valence-corrected chi connectivity index (χ1v) is 7.60. The van der Waals surface area contributed by atoms with Gasteiger partial charge in [0.15, 0.2) is 0 Å². The lowest BCUT2D eigenvalue weighted by atomic mass is 9.95. The molecule has 2 aliphatic rings. The van der Waals surface area contributed by atoms with Crippen LogP contribution in [0.5, 0.6) is 0 Å². The SMILES string of the molecule is CN(C(=O)N1CSCC1C(=O)O)C1CCCCC1. The zero-order chi connectivity index (χ0) is 13.1. The first kappa shape index (κ1) is 13.5. The fraction of sp³-hybridized carbons (Fsp3) is 0.833. The fourth-order valence-electron chi connectivity index (χ4n) is 2.66. The van der Waals surface area contributed by atoms with Crippen molar-refractivity contribution in [1.82, 2.24) is 9.80 Å². The Morgan fingerprint density at radius 1 is 1.28 bits per heavy atom. The predicted octanol–water partition coefficient (Wildman–Crippen LogP) is 1.83. The van der Waals surface area contributed by atoms with Crippen LogP contribution in [0.4, 0.5) is 4.79 Å². The average molecular weight is 272 g/mol. The highest BCUT2D eigenvalue weighted by Crippen LogP contribution is 2.26. The number of aliphatic carboxylic acids is 1. The molecule has 1 unspecified atom stereocenters. The molecule has 2 rings (SSSR count). The summed E-state index contributed by atoms with van der Waals surface area (Å²) in [4.78, 5) is 26.7. The van der Waals surface area contributed by atoms with E-state index < -0.39 is 12.0 Å². The van der Waals surface area contributed by atoms with Crippen LogP contribution in [0.15, 0.2) is 0 Å². The second-order valence-corrected chi connectivity index (χ2v) is 6.01. The van der Waals surface area contributed by atoms with Crippen LogP contribution in [0.25, 0.3) is 0 Å². The Labute approximate surface area is 112 Å². The van der Waals surface area contributed by atoms with Crippen LogP contribution in [-0.2, 0) is 4.79 Å². The highest BCUT2D eigenvalue weighted by molar-refractivity contribution is 7.99. The number of rotatable bonds is 2. The van der Waals surface area contributed by atoms with Gasteiger partial charge in [-0.1, -0.05) is 19.3 Å². The Morgan fingerprint density at radius 2 is 1.94 bits per heavy atom. The molecule has 0 aromatic rings. The molecule has 6 heteroatoms. The molecule has 1 saturated carbocycles. The van der Waals surface area contributed by atoms with Gasteiger partial charge in [0.05, 0.1) is 5.88 Å². The molecule has 0 spiro atoms. The normalized spacial score (nSPS) is 25.2. The standard InChI is InChI=1S/C12H20N2O3S/c1-13(9-5-3-2-4-6-9)12(17)14-8-18-7-10(14)11(15)16/h9-10H,2-8H2,1H3,(H,15,16). The molecule has 5 nitrogen and oxygen atoms in total. The van der Waals surface area contributed by atoms with Crippen LogP contribution in [-0.4, -0.2) is 57.7 Å². The third-order valence-corrected chi connectivity index (χ3v) is 4.85. The van der Waals surface area contributed by atoms with E-state index in [1.165, 1.54) is 35.9 Å². The molecule has 1 aliphatic carbocycles. The summed E-state index contributed by atoms with van der Waals surface area (Å²) in [6, 6.07) is -0.501. The summed E-state index contributed by atoms with van der Waals surface area (Å²) in [6.45, 7) is 0. The van der Waals surface area contributed by atoms with Gasteiger partial charge >= 0.3 is 12.0 Å². The predicted molar refractivity (Wildman–Crippen MR) is 70.6 cm³/mol. The minimum Gasteiger partial charge on any atom is -0.480 e. The van der Waals surface area contributed by atoms with Crippen LogP contribution in [0.1, 0.15) is 32.1 Å². The van der Waals surface area contributed by atoms with Gasteiger partial charge in [-0.3, -0.25) is 0 Å². The number of urea groups is 1. The van der Waals surface area contributed by atoms with Crippen molar-refractivity contribution in [3.8, 4) is 0 Å². The molecule has 2 amide bonds. The van der Waals surface area contributed by atoms with Crippen LogP contribution < -0.4 is 0 Å². The maximum absolute atomic E-state index is 12.3. The van der Waals surface area contributed by atoms with Crippen molar-refractivity contribution in [2.75, 3.05) is 18.7 Å². The van der Waals surface area contributed by atoms with E-state index in [9.17, 15) is 9.59 Å². The smallest absolute Gasteiger partial charge is 0.327 e. The molecule has 102 valence electrons. The van der Waals surface area contributed by atoms with E-state index in [0.29, 0.717) is 11.6 Å². The van der Waals surface area contributed by atoms with Gasteiger partial charge in [0.2, 0.25) is 0 Å². The molecule has 1 N–H and O–H groups in total. The van der Waals surface area contributed by atoms with Crippen molar-refractivity contribution in [3.05, 3.63) is 0 Å². The minimum absolute atomic E-state index is 0.126. The maximum atomic E-state index is 12.3. The molecule has 0 aromatic carbocycles. The summed E-state index contributed by atoms with van der Waals surface area (Å²) < 4.78 is 0. The lowest BCUT2D eigenvalue weighted by molar-refractivity contribution is -0.141. The first-order valence-electron chi connectivity index (χ1n) is 6.45. The van der Waals surface area contributed by atoms with Gasteiger partial charge in [-0.15, -0.1) is 11.8 Å². The Balaban J connectivity index is 1.99. The lowest BCUT2D eigenvalue weighted by Crippen LogP contribution is -2.50. The monoisotopic (exact) mass is 272 g/mol. The van der Waals surface area contributed by atoms with Gasteiger partial charge < -0.3 is 14.9 Å². The molecule has 1 atom stereocenters. The van der Waals surface area contributed by atoms with Crippen molar-refractivity contribution in [2.24, 2.45) is 0 Å². The quantitative estimate of drug-likeness (QED) is 0.833. The van der Waals surface area contributed by atoms with Crippen LogP contribution >= 0.6 is 11.8 Å². The number of hydrogen-bond acceptors (Lipinski definition) is 3. The van der Waals surface area contributed by atoms with Crippen molar-refractivity contribution >= 4 is 23.8 Å². The molecule has 18 heavy (non-hydrogen) atoms. The average Bonchev–Trinajstić information content (AvgIpc) is 2.87. The van der Waals surface area contributed by atoms with Crippen LogP contribution in [0.2, 0.25) is 0 Å². The van der Waals surface area contributed by atoms with E-state index in [1.54, 1.807) is 11.9 Å². The molecule has 1 heterocycles. The largest absolute Gasteiger partial charge is 0.480 e. The minimum atomic E-state index is -0.898. The van der Waals surface area contributed by atoms with E-state index in [0.717, 1.165) is 12.8 Å². The number of amides is 2. The van der Waals surface area contributed by atoms with Gasteiger partial charge in [0, 0.05) is 18.8 Å². The fourth-order valence-corrected chi connectivity index (χ4v) is 3.80. The summed E-state index contributed by atoms with van der Waals surface area (Å²) in [5.41, 5.74) is 0. The second kappa shape index (κ2) is 5.82. The van der Waals surface area contributed by atoms with E-state index >= 15 is 0 Å². The van der Waals surface area contributed by atoms with Gasteiger partial charge in [-0.25, -0.2) is 9.59 Å². The summed E-state index contributed by atoms with van der Waals surface area (Å²) in [5.74, 6) is 0.0947. The Morgan fingerprint density at radius 3 is 2.56 bits per heavy atom. The van der Waals surface area contributed by atoms with Gasteiger partial charge in [0.25, 0.3) is 0 Å². The third-order valence-electron chi connectivity index (χ3n) is 3.84. The number of carboxylic acid groups (broad SMARTS) is 1. The highest BCUT2D eigenvalue weighted by Gasteiger charge is 2.37. The lowest BCUT2D eigenvalue weighted by Gasteiger charge is -2.34. The zero-order valence-corrected chi connectivity index (χ0v) is 11.5. The first-order chi connectivity index (χ1) is 8.61. The van der Waals surface area contributed by atoms with Crippen molar-refractivity contribution in [1.29, 1.82) is 0 Å². The van der Waals surface area contributed by atoms with E-state index in [2.05, 4.69) is 0 Å². The molecule has 0 bridgehead atoms. The second-order valence-electron chi connectivity index (χ2n) is 5.01. The molecular weight excluding hydrogens is 252 g/mol. The molecule has 2 fully saturated rings. The van der Waals surface area contributed by atoms with Crippen molar-refractivity contribution in [2.45, 2.75) is 44.2 Å². The number of nitrogens with zero attached hydrogens (tertiary/aromatic N) is 2. The number of hydrogen-bond donors (Lipinski definition) is 1. The topological polar surface area (TPSA) is 60.9 Å². The van der Waals surface area contributed by atoms with Crippen LogP contribution in [0, 0.1) is 0 Å². The third kappa shape index (κ3) is 2.74. The van der Waals surface area contributed by atoms with Crippen molar-refractivity contribution in [3.63, 3.8) is 0 Å². The molecule has 1 aliphatic heterocycles. The Bertz CT molecular complexity index is 331. The number of carbonyl (C=O) groups excluding carboxylic acids is 1. The molecular formula is C12H20N2O3S. The Hall–Kier alpha value is -0.910. The van der Waals surface area contributed by atoms with E-state index in [1.807, 2.05) is 0 Å².